The Balaban J connectivity index is 2.34. The highest BCUT2D eigenvalue weighted by Crippen LogP contribution is 2.09. The van der Waals surface area contributed by atoms with Crippen LogP contribution in [0.4, 0.5) is 4.79 Å². The Morgan fingerprint density at radius 3 is 2.28 bits per heavy atom. The lowest BCUT2D eigenvalue weighted by atomic mass is 10.1. The van der Waals surface area contributed by atoms with Crippen LogP contribution >= 0.6 is 0 Å². The van der Waals surface area contributed by atoms with Gasteiger partial charge in [-0.3, -0.25) is 4.99 Å². The van der Waals surface area contributed by atoms with E-state index in [9.17, 15) is 4.79 Å². The second-order valence-electron chi connectivity index (χ2n) is 9.48. The molecule has 1 fully saturated rings. The fraction of sp³-hybridized carbons (Fsp3) is 0.905. The van der Waals surface area contributed by atoms with Gasteiger partial charge in [0.05, 0.1) is 12.1 Å². The molecular formula is C21H44N6O2. The summed E-state index contributed by atoms with van der Waals surface area (Å²) in [4.78, 5) is 21.6. The van der Waals surface area contributed by atoms with Gasteiger partial charge >= 0.3 is 6.09 Å². The van der Waals surface area contributed by atoms with E-state index in [0.717, 1.165) is 32.0 Å². The number of ether oxygens (including phenoxy) is 1. The van der Waals surface area contributed by atoms with Crippen molar-refractivity contribution in [3.8, 4) is 0 Å². The molecule has 0 aromatic carbocycles. The molecule has 170 valence electrons. The monoisotopic (exact) mass is 412 g/mol. The molecule has 8 nitrogen and oxygen atoms in total. The number of nitrogens with zero attached hydrogens (tertiary/aromatic N) is 3. The van der Waals surface area contributed by atoms with Crippen LogP contribution in [0.2, 0.25) is 0 Å². The van der Waals surface area contributed by atoms with Gasteiger partial charge in [-0.1, -0.05) is 0 Å². The van der Waals surface area contributed by atoms with Crippen molar-refractivity contribution in [1.82, 2.24) is 25.8 Å². The van der Waals surface area contributed by atoms with E-state index in [2.05, 4.69) is 44.7 Å². The number of piperazine rings is 1. The normalized spacial score (nSPS) is 17.1. The standard InChI is InChI=1S/C21H44N6O2/c1-8-22-18(23-11-9-10-12-27-15-13-26(7)14-16-27)24-17-21(5,6)25-19(28)29-20(2,3)4/h8-17H2,1-7H3,(H,25,28)(H2,22,23,24). The minimum Gasteiger partial charge on any atom is -0.444 e. The Hall–Kier alpha value is -1.54. The van der Waals surface area contributed by atoms with E-state index in [1.807, 2.05) is 34.6 Å². The van der Waals surface area contributed by atoms with Crippen molar-refractivity contribution in [2.75, 3.05) is 59.4 Å². The van der Waals surface area contributed by atoms with Gasteiger partial charge in [-0.25, -0.2) is 4.79 Å². The van der Waals surface area contributed by atoms with Gasteiger partial charge in [0.2, 0.25) is 0 Å². The Morgan fingerprint density at radius 1 is 1.03 bits per heavy atom. The first kappa shape index (κ1) is 25.5. The van der Waals surface area contributed by atoms with E-state index in [0.29, 0.717) is 6.54 Å². The fourth-order valence-electron chi connectivity index (χ4n) is 2.98. The number of likely N-dealkylation sites (N-methyl/N-ethyl adjacent to an activating group) is 1. The molecule has 1 saturated heterocycles. The summed E-state index contributed by atoms with van der Waals surface area (Å²) in [7, 11) is 2.19. The Morgan fingerprint density at radius 2 is 1.69 bits per heavy atom. The number of carbonyl (C=O) groups excluding carboxylic acids is 1. The number of unbranched alkanes of at least 4 members (excludes halogenated alkanes) is 1. The molecule has 8 heteroatoms. The van der Waals surface area contributed by atoms with Crippen LogP contribution in [0.25, 0.3) is 0 Å². The first-order valence-electron chi connectivity index (χ1n) is 10.9. The molecule has 1 amide bonds. The average Bonchev–Trinajstić information content (AvgIpc) is 2.58. The molecule has 0 spiro atoms. The van der Waals surface area contributed by atoms with Gasteiger partial charge < -0.3 is 30.5 Å². The summed E-state index contributed by atoms with van der Waals surface area (Å²) < 4.78 is 5.34. The quantitative estimate of drug-likeness (QED) is 0.305. The second kappa shape index (κ2) is 12.2. The highest BCUT2D eigenvalue weighted by molar-refractivity contribution is 5.79. The third-order valence-electron chi connectivity index (χ3n) is 4.61. The third kappa shape index (κ3) is 12.6. The van der Waals surface area contributed by atoms with Crippen molar-refractivity contribution in [2.24, 2.45) is 4.99 Å². The molecule has 1 heterocycles. The zero-order valence-corrected chi connectivity index (χ0v) is 19.7. The van der Waals surface area contributed by atoms with E-state index in [-0.39, 0.29) is 0 Å². The molecular weight excluding hydrogens is 368 g/mol. The zero-order chi connectivity index (χ0) is 21.9. The van der Waals surface area contributed by atoms with Crippen molar-refractivity contribution >= 4 is 12.1 Å². The number of aliphatic imine (C=N–C) groups is 1. The topological polar surface area (TPSA) is 81.2 Å². The van der Waals surface area contributed by atoms with Crippen molar-refractivity contribution in [2.45, 2.75) is 65.5 Å². The number of hydrogen-bond donors (Lipinski definition) is 3. The van der Waals surface area contributed by atoms with Crippen LogP contribution in [-0.4, -0.2) is 92.4 Å². The van der Waals surface area contributed by atoms with Crippen molar-refractivity contribution in [3.05, 3.63) is 0 Å². The van der Waals surface area contributed by atoms with E-state index in [4.69, 9.17) is 4.74 Å². The van der Waals surface area contributed by atoms with Crippen LogP contribution in [0, 0.1) is 0 Å². The zero-order valence-electron chi connectivity index (χ0n) is 19.7. The highest BCUT2D eigenvalue weighted by Gasteiger charge is 2.24. The summed E-state index contributed by atoms with van der Waals surface area (Å²) in [5.41, 5.74) is -1.00. The van der Waals surface area contributed by atoms with Crippen molar-refractivity contribution in [3.63, 3.8) is 0 Å². The number of carbonyl (C=O) groups is 1. The maximum absolute atomic E-state index is 12.0. The largest absolute Gasteiger partial charge is 0.444 e. The lowest BCUT2D eigenvalue weighted by Crippen LogP contribution is -2.49. The van der Waals surface area contributed by atoms with Gasteiger partial charge in [-0.05, 0) is 68.0 Å². The Kier molecular flexibility index (Phi) is 10.7. The highest BCUT2D eigenvalue weighted by atomic mass is 16.6. The summed E-state index contributed by atoms with van der Waals surface area (Å²) >= 11 is 0. The first-order valence-corrected chi connectivity index (χ1v) is 10.9. The SMILES string of the molecule is CCNC(=NCC(C)(C)NC(=O)OC(C)(C)C)NCCCCN1CCN(C)CC1. The maximum Gasteiger partial charge on any atom is 0.408 e. The van der Waals surface area contributed by atoms with E-state index in [1.165, 1.54) is 32.6 Å². The molecule has 0 radical (unpaired) electrons. The summed E-state index contributed by atoms with van der Waals surface area (Å²) in [5, 5.41) is 9.56. The van der Waals surface area contributed by atoms with Crippen LogP contribution in [0.3, 0.4) is 0 Å². The van der Waals surface area contributed by atoms with Gasteiger partial charge in [0.1, 0.15) is 5.60 Å². The van der Waals surface area contributed by atoms with Crippen molar-refractivity contribution in [1.29, 1.82) is 0 Å². The van der Waals surface area contributed by atoms with E-state index in [1.54, 1.807) is 0 Å². The number of amides is 1. The molecule has 1 aliphatic heterocycles. The predicted octanol–water partition coefficient (Wildman–Crippen LogP) is 1.87. The number of rotatable bonds is 9. The van der Waals surface area contributed by atoms with Crippen LogP contribution in [0.5, 0.6) is 0 Å². The lowest BCUT2D eigenvalue weighted by Gasteiger charge is -2.32. The third-order valence-corrected chi connectivity index (χ3v) is 4.61. The van der Waals surface area contributed by atoms with Crippen LogP contribution in [0.15, 0.2) is 4.99 Å². The Bertz CT molecular complexity index is 508. The summed E-state index contributed by atoms with van der Waals surface area (Å²) in [5.74, 6) is 0.783. The van der Waals surface area contributed by atoms with Crippen LogP contribution in [0.1, 0.15) is 54.4 Å². The van der Waals surface area contributed by atoms with Gasteiger partial charge in [0.25, 0.3) is 0 Å². The smallest absolute Gasteiger partial charge is 0.408 e. The molecule has 29 heavy (non-hydrogen) atoms. The number of hydrogen-bond acceptors (Lipinski definition) is 5. The lowest BCUT2D eigenvalue weighted by molar-refractivity contribution is 0.0476. The summed E-state index contributed by atoms with van der Waals surface area (Å²) in [6.07, 6.45) is 1.87. The number of nitrogens with one attached hydrogen (secondary N) is 3. The average molecular weight is 413 g/mol. The minimum atomic E-state index is -0.510. The number of alkyl carbamates (subject to hydrolysis) is 1. The van der Waals surface area contributed by atoms with E-state index < -0.39 is 17.2 Å². The molecule has 0 aromatic rings. The summed E-state index contributed by atoms with van der Waals surface area (Å²) in [6.45, 7) is 19.5. The number of guanidine groups is 1. The molecule has 1 aliphatic rings. The first-order chi connectivity index (χ1) is 13.5. The van der Waals surface area contributed by atoms with Gasteiger partial charge in [-0.15, -0.1) is 0 Å². The van der Waals surface area contributed by atoms with Crippen LogP contribution < -0.4 is 16.0 Å². The summed E-state index contributed by atoms with van der Waals surface area (Å²) in [6, 6.07) is 0. The molecule has 1 rings (SSSR count). The van der Waals surface area contributed by atoms with Crippen LogP contribution in [-0.2, 0) is 4.74 Å². The molecule has 0 saturated carbocycles. The van der Waals surface area contributed by atoms with Gasteiger partial charge in [0.15, 0.2) is 5.96 Å². The minimum absolute atomic E-state index is 0.417. The second-order valence-corrected chi connectivity index (χ2v) is 9.48. The molecule has 0 unspecified atom stereocenters. The Labute approximate surface area is 177 Å². The fourth-order valence-corrected chi connectivity index (χ4v) is 2.98. The molecule has 0 aromatic heterocycles. The van der Waals surface area contributed by atoms with E-state index >= 15 is 0 Å². The van der Waals surface area contributed by atoms with Gasteiger partial charge in [-0.2, -0.15) is 0 Å². The molecule has 0 atom stereocenters. The van der Waals surface area contributed by atoms with Crippen molar-refractivity contribution < 1.29 is 9.53 Å². The predicted molar refractivity (Wildman–Crippen MR) is 121 cm³/mol. The molecule has 0 bridgehead atoms. The molecule has 3 N–H and O–H groups in total. The maximum atomic E-state index is 12.0. The molecule has 0 aliphatic carbocycles. The van der Waals surface area contributed by atoms with Gasteiger partial charge in [0, 0.05) is 39.3 Å².